The van der Waals surface area contributed by atoms with Crippen LogP contribution >= 0.6 is 0 Å². The monoisotopic (exact) mass is 450 g/mol. The van der Waals surface area contributed by atoms with E-state index in [9.17, 15) is 14.7 Å². The minimum Gasteiger partial charge on any atom is -0.396 e. The van der Waals surface area contributed by atoms with Gasteiger partial charge in [-0.2, -0.15) is 0 Å². The number of aliphatic hydroxyl groups is 1. The number of hydrogen-bond acceptors (Lipinski definition) is 4. The van der Waals surface area contributed by atoms with Crippen molar-refractivity contribution >= 4 is 11.8 Å². The molecular formula is C27H34N2O4. The third kappa shape index (κ3) is 4.42. The standard InChI is InChI=1S/C27H34N2O4/c1-20-10-12-22(13-11-20)25(31)29-24(21-8-4-3-5-9-21)23(19-30)18-27(29)14-6-7-15-28(26(27)32)16-17-33-2/h3-5,8-13,23-24,30H,6-7,14-19H2,1-2H3/t23-,24+,27+/m1/s1. The minimum atomic E-state index is -0.972. The highest BCUT2D eigenvalue weighted by Crippen LogP contribution is 2.51. The van der Waals surface area contributed by atoms with Crippen LogP contribution in [0.15, 0.2) is 54.6 Å². The summed E-state index contributed by atoms with van der Waals surface area (Å²) in [4.78, 5) is 31.9. The second-order valence-electron chi connectivity index (χ2n) is 9.32. The number of methoxy groups -OCH3 is 1. The van der Waals surface area contributed by atoms with E-state index in [1.54, 1.807) is 7.11 Å². The zero-order valence-corrected chi connectivity index (χ0v) is 19.6. The molecule has 2 aliphatic heterocycles. The van der Waals surface area contributed by atoms with Crippen molar-refractivity contribution in [2.75, 3.05) is 33.4 Å². The fourth-order valence-electron chi connectivity index (χ4n) is 5.56. The molecule has 2 heterocycles. The Morgan fingerprint density at radius 2 is 1.85 bits per heavy atom. The van der Waals surface area contributed by atoms with Gasteiger partial charge in [-0.1, -0.05) is 48.0 Å². The van der Waals surface area contributed by atoms with E-state index in [-0.39, 0.29) is 30.4 Å². The lowest BCUT2D eigenvalue weighted by Gasteiger charge is -2.41. The average Bonchev–Trinajstić information content (AvgIpc) is 3.10. The number of carbonyl (C=O) groups excluding carboxylic acids is 2. The molecule has 2 fully saturated rings. The van der Waals surface area contributed by atoms with Gasteiger partial charge in [0.15, 0.2) is 0 Å². The predicted molar refractivity (Wildman–Crippen MR) is 127 cm³/mol. The third-order valence-corrected chi connectivity index (χ3v) is 7.20. The van der Waals surface area contributed by atoms with Crippen LogP contribution in [0.1, 0.15) is 53.2 Å². The van der Waals surface area contributed by atoms with Crippen LogP contribution in [0.25, 0.3) is 0 Å². The van der Waals surface area contributed by atoms with Crippen LogP contribution in [-0.4, -0.2) is 65.7 Å². The maximum atomic E-state index is 14.1. The molecule has 2 amide bonds. The molecule has 0 bridgehead atoms. The van der Waals surface area contributed by atoms with Gasteiger partial charge in [0.2, 0.25) is 5.91 Å². The maximum absolute atomic E-state index is 14.1. The largest absolute Gasteiger partial charge is 0.396 e. The highest BCUT2D eigenvalue weighted by atomic mass is 16.5. The van der Waals surface area contributed by atoms with Crippen LogP contribution in [0.4, 0.5) is 0 Å². The molecule has 0 aromatic heterocycles. The van der Waals surface area contributed by atoms with E-state index in [2.05, 4.69) is 0 Å². The summed E-state index contributed by atoms with van der Waals surface area (Å²) in [6.45, 7) is 3.53. The number of likely N-dealkylation sites (tertiary alicyclic amines) is 2. The second-order valence-corrected chi connectivity index (χ2v) is 9.32. The molecule has 176 valence electrons. The molecule has 6 heteroatoms. The number of aryl methyl sites for hydroxylation is 1. The first-order chi connectivity index (χ1) is 16.0. The highest BCUT2D eigenvalue weighted by Gasteiger charge is 2.59. The molecule has 0 radical (unpaired) electrons. The first-order valence-corrected chi connectivity index (χ1v) is 11.9. The van der Waals surface area contributed by atoms with Gasteiger partial charge < -0.3 is 19.6 Å². The summed E-state index contributed by atoms with van der Waals surface area (Å²) >= 11 is 0. The maximum Gasteiger partial charge on any atom is 0.255 e. The van der Waals surface area contributed by atoms with E-state index in [1.165, 1.54) is 0 Å². The van der Waals surface area contributed by atoms with Gasteiger partial charge in [-0.15, -0.1) is 0 Å². The van der Waals surface area contributed by atoms with Crippen molar-refractivity contribution in [2.24, 2.45) is 5.92 Å². The lowest BCUT2D eigenvalue weighted by Crippen LogP contribution is -2.58. The van der Waals surface area contributed by atoms with Gasteiger partial charge in [0, 0.05) is 38.3 Å². The number of aliphatic hydroxyl groups excluding tert-OH is 1. The van der Waals surface area contributed by atoms with Crippen LogP contribution in [0.5, 0.6) is 0 Å². The van der Waals surface area contributed by atoms with Crippen molar-refractivity contribution in [1.82, 2.24) is 9.80 Å². The number of carbonyl (C=O) groups is 2. The van der Waals surface area contributed by atoms with Gasteiger partial charge >= 0.3 is 0 Å². The molecule has 0 unspecified atom stereocenters. The molecular weight excluding hydrogens is 416 g/mol. The van der Waals surface area contributed by atoms with E-state index in [4.69, 9.17) is 4.74 Å². The lowest BCUT2D eigenvalue weighted by molar-refractivity contribution is -0.142. The molecule has 0 saturated carbocycles. The summed E-state index contributed by atoms with van der Waals surface area (Å²) in [5.41, 5.74) is 1.63. The van der Waals surface area contributed by atoms with Gasteiger partial charge in [-0.3, -0.25) is 9.59 Å². The molecule has 2 aromatic carbocycles. The minimum absolute atomic E-state index is 0.0191. The third-order valence-electron chi connectivity index (χ3n) is 7.20. The Kier molecular flexibility index (Phi) is 7.15. The molecule has 1 N–H and O–H groups in total. The summed E-state index contributed by atoms with van der Waals surface area (Å²) in [6, 6.07) is 17.0. The van der Waals surface area contributed by atoms with Crippen molar-refractivity contribution in [3.8, 4) is 0 Å². The van der Waals surface area contributed by atoms with Gasteiger partial charge in [-0.05, 0) is 50.3 Å². The van der Waals surface area contributed by atoms with Crippen molar-refractivity contribution in [3.05, 3.63) is 71.3 Å². The Morgan fingerprint density at radius 1 is 1.12 bits per heavy atom. The lowest BCUT2D eigenvalue weighted by atomic mass is 9.85. The fraction of sp³-hybridized carbons (Fsp3) is 0.481. The number of amides is 2. The SMILES string of the molecule is COCCN1CCCC[C@]2(C[C@H](CO)[C@H](c3ccccc3)N2C(=O)c2ccc(C)cc2)C1=O. The first-order valence-electron chi connectivity index (χ1n) is 11.9. The number of rotatable bonds is 6. The topological polar surface area (TPSA) is 70.1 Å². The first kappa shape index (κ1) is 23.5. The van der Waals surface area contributed by atoms with E-state index in [0.29, 0.717) is 38.1 Å². The summed E-state index contributed by atoms with van der Waals surface area (Å²) < 4.78 is 5.26. The van der Waals surface area contributed by atoms with E-state index in [1.807, 2.05) is 71.3 Å². The molecule has 3 atom stereocenters. The summed E-state index contributed by atoms with van der Waals surface area (Å²) in [5.74, 6) is -0.385. The summed E-state index contributed by atoms with van der Waals surface area (Å²) in [5, 5.41) is 10.4. The van der Waals surface area contributed by atoms with E-state index >= 15 is 0 Å². The molecule has 2 saturated heterocycles. The van der Waals surface area contributed by atoms with E-state index in [0.717, 1.165) is 24.0 Å². The smallest absolute Gasteiger partial charge is 0.255 e. The summed E-state index contributed by atoms with van der Waals surface area (Å²) in [6.07, 6.45) is 2.81. The highest BCUT2D eigenvalue weighted by molar-refractivity contribution is 6.00. The van der Waals surface area contributed by atoms with Gasteiger partial charge in [0.1, 0.15) is 5.54 Å². The molecule has 33 heavy (non-hydrogen) atoms. The zero-order valence-electron chi connectivity index (χ0n) is 19.6. The predicted octanol–water partition coefficient (Wildman–Crippen LogP) is 3.59. The molecule has 4 rings (SSSR count). The molecule has 2 aliphatic rings. The quantitative estimate of drug-likeness (QED) is 0.730. The average molecular weight is 451 g/mol. The van der Waals surface area contributed by atoms with Crippen molar-refractivity contribution in [1.29, 1.82) is 0 Å². The molecule has 6 nitrogen and oxygen atoms in total. The van der Waals surface area contributed by atoms with Gasteiger partial charge in [0.25, 0.3) is 5.91 Å². The summed E-state index contributed by atoms with van der Waals surface area (Å²) in [7, 11) is 1.63. The molecule has 2 aromatic rings. The van der Waals surface area contributed by atoms with Crippen LogP contribution in [0.2, 0.25) is 0 Å². The Hall–Kier alpha value is -2.70. The van der Waals surface area contributed by atoms with Crippen LogP contribution in [-0.2, 0) is 9.53 Å². The Morgan fingerprint density at radius 3 is 2.52 bits per heavy atom. The van der Waals surface area contributed by atoms with Gasteiger partial charge in [-0.25, -0.2) is 0 Å². The Bertz CT molecular complexity index is 962. The fourth-order valence-corrected chi connectivity index (χ4v) is 5.56. The normalized spacial score (nSPS) is 25.5. The van der Waals surface area contributed by atoms with Crippen molar-refractivity contribution < 1.29 is 19.4 Å². The number of ether oxygens (including phenoxy) is 1. The van der Waals surface area contributed by atoms with E-state index < -0.39 is 5.54 Å². The van der Waals surface area contributed by atoms with Crippen molar-refractivity contribution in [2.45, 2.75) is 44.2 Å². The molecule has 1 spiro atoms. The van der Waals surface area contributed by atoms with Crippen molar-refractivity contribution in [3.63, 3.8) is 0 Å². The van der Waals surface area contributed by atoms with Crippen LogP contribution in [0.3, 0.4) is 0 Å². The molecule has 0 aliphatic carbocycles. The van der Waals surface area contributed by atoms with Crippen LogP contribution < -0.4 is 0 Å². The Labute approximate surface area is 196 Å². The zero-order chi connectivity index (χ0) is 23.4. The number of benzene rings is 2. The van der Waals surface area contributed by atoms with Crippen LogP contribution in [0, 0.1) is 12.8 Å². The number of nitrogens with zero attached hydrogens (tertiary/aromatic N) is 2. The number of hydrogen-bond donors (Lipinski definition) is 1. The second kappa shape index (κ2) is 10.1. The Balaban J connectivity index is 1.84. The van der Waals surface area contributed by atoms with Gasteiger partial charge in [0.05, 0.1) is 12.6 Å².